The third-order valence-electron chi connectivity index (χ3n) is 3.78. The molecule has 1 heterocycles. The number of hydrogen-bond donors (Lipinski definition) is 0. The van der Waals surface area contributed by atoms with Crippen molar-refractivity contribution in [2.24, 2.45) is 4.99 Å². The molecule has 3 rings (SSSR count). The number of aliphatic imine (C=N–C) groups is 1. The maximum absolute atomic E-state index is 12.6. The molecule has 0 aliphatic carbocycles. The van der Waals surface area contributed by atoms with E-state index >= 15 is 0 Å². The zero-order chi connectivity index (χ0) is 19.1. The molecule has 1 aromatic heterocycles. The van der Waals surface area contributed by atoms with Crippen LogP contribution in [0.4, 0.5) is 0 Å². The fourth-order valence-corrected chi connectivity index (χ4v) is 2.77. The lowest BCUT2D eigenvalue weighted by Crippen LogP contribution is -2.18. The lowest BCUT2D eigenvalue weighted by atomic mass is 10.0. The van der Waals surface area contributed by atoms with Crippen LogP contribution in [0.25, 0.3) is 0 Å². The molecule has 1 atom stereocenters. The molecule has 0 N–H and O–H groups in total. The Balaban J connectivity index is 2.13. The van der Waals surface area contributed by atoms with Crippen molar-refractivity contribution in [3.8, 4) is 0 Å². The van der Waals surface area contributed by atoms with Crippen molar-refractivity contribution in [1.82, 2.24) is 9.97 Å². The quantitative estimate of drug-likeness (QED) is 0.435. The van der Waals surface area contributed by atoms with E-state index in [1.54, 1.807) is 13.1 Å². The minimum atomic E-state index is -0.902. The van der Waals surface area contributed by atoms with E-state index < -0.39 is 12.0 Å². The standard InChI is InChI=1S/C21H18BrN3O2/c1-2-27-21(26)20(17-13-24-18(22)14-23-17)25-19(15-9-5-3-6-10-15)16-11-7-4-8-12-16/h3-14,20H,2H2,1H3. The topological polar surface area (TPSA) is 64.4 Å². The van der Waals surface area contributed by atoms with Crippen LogP contribution in [0.3, 0.4) is 0 Å². The van der Waals surface area contributed by atoms with E-state index in [0.717, 1.165) is 11.1 Å². The molecular formula is C21H18BrN3O2. The molecule has 0 aliphatic heterocycles. The predicted octanol–water partition coefficient (Wildman–Crippen LogP) is 4.38. The molecule has 0 saturated heterocycles. The van der Waals surface area contributed by atoms with E-state index in [9.17, 15) is 4.79 Å². The van der Waals surface area contributed by atoms with Crippen molar-refractivity contribution in [3.63, 3.8) is 0 Å². The van der Waals surface area contributed by atoms with Crippen molar-refractivity contribution in [2.75, 3.05) is 6.61 Å². The van der Waals surface area contributed by atoms with Crippen LogP contribution in [0.1, 0.15) is 29.8 Å². The summed E-state index contributed by atoms with van der Waals surface area (Å²) in [4.78, 5) is 25.9. The average molecular weight is 424 g/mol. The second kappa shape index (κ2) is 9.19. The summed E-state index contributed by atoms with van der Waals surface area (Å²) >= 11 is 3.26. The number of nitrogens with zero attached hydrogens (tertiary/aromatic N) is 3. The highest BCUT2D eigenvalue weighted by Crippen LogP contribution is 2.22. The highest BCUT2D eigenvalue weighted by molar-refractivity contribution is 9.10. The van der Waals surface area contributed by atoms with Crippen LogP contribution in [0.2, 0.25) is 0 Å². The van der Waals surface area contributed by atoms with Gasteiger partial charge in [0.1, 0.15) is 4.60 Å². The number of benzene rings is 2. The highest BCUT2D eigenvalue weighted by atomic mass is 79.9. The Kier molecular flexibility index (Phi) is 6.44. The summed E-state index contributed by atoms with van der Waals surface area (Å²) in [5.74, 6) is -0.460. The van der Waals surface area contributed by atoms with Gasteiger partial charge in [-0.3, -0.25) is 9.98 Å². The zero-order valence-electron chi connectivity index (χ0n) is 14.7. The Hall–Kier alpha value is -2.86. The van der Waals surface area contributed by atoms with Crippen LogP contribution in [0.5, 0.6) is 0 Å². The fourth-order valence-electron chi connectivity index (χ4n) is 2.56. The number of halogens is 1. The maximum atomic E-state index is 12.6. The first kappa shape index (κ1) is 18.9. The Morgan fingerprint density at radius 2 is 1.59 bits per heavy atom. The van der Waals surface area contributed by atoms with Crippen molar-refractivity contribution in [2.45, 2.75) is 13.0 Å². The van der Waals surface area contributed by atoms with Gasteiger partial charge in [-0.15, -0.1) is 0 Å². The molecule has 6 heteroatoms. The van der Waals surface area contributed by atoms with Gasteiger partial charge in [0.05, 0.1) is 30.4 Å². The second-order valence-electron chi connectivity index (χ2n) is 5.63. The zero-order valence-corrected chi connectivity index (χ0v) is 16.3. The predicted molar refractivity (Wildman–Crippen MR) is 108 cm³/mol. The fraction of sp³-hybridized carbons (Fsp3) is 0.143. The van der Waals surface area contributed by atoms with Crippen LogP contribution >= 0.6 is 15.9 Å². The molecule has 3 aromatic rings. The van der Waals surface area contributed by atoms with Crippen LogP contribution in [0.15, 0.2) is 82.7 Å². The van der Waals surface area contributed by atoms with Crippen LogP contribution < -0.4 is 0 Å². The maximum Gasteiger partial charge on any atom is 0.337 e. The normalized spacial score (nSPS) is 11.5. The van der Waals surface area contributed by atoms with Crippen LogP contribution in [-0.4, -0.2) is 28.3 Å². The van der Waals surface area contributed by atoms with Gasteiger partial charge in [-0.25, -0.2) is 9.78 Å². The summed E-state index contributed by atoms with van der Waals surface area (Å²) in [6.45, 7) is 2.03. The molecule has 5 nitrogen and oxygen atoms in total. The number of ether oxygens (including phenoxy) is 1. The van der Waals surface area contributed by atoms with Crippen molar-refractivity contribution in [1.29, 1.82) is 0 Å². The lowest BCUT2D eigenvalue weighted by Gasteiger charge is -2.14. The third kappa shape index (κ3) is 4.86. The van der Waals surface area contributed by atoms with E-state index in [1.807, 2.05) is 60.7 Å². The summed E-state index contributed by atoms with van der Waals surface area (Å²) in [6, 6.07) is 18.6. The monoisotopic (exact) mass is 423 g/mol. The molecule has 2 aromatic carbocycles. The first-order valence-corrected chi connectivity index (χ1v) is 9.31. The Bertz CT molecular complexity index is 872. The molecule has 0 radical (unpaired) electrons. The lowest BCUT2D eigenvalue weighted by molar-refractivity contribution is -0.144. The molecular weight excluding hydrogens is 406 g/mol. The van der Waals surface area contributed by atoms with E-state index in [1.165, 1.54) is 6.20 Å². The molecule has 136 valence electrons. The average Bonchev–Trinajstić information content (AvgIpc) is 2.71. The van der Waals surface area contributed by atoms with Gasteiger partial charge in [0, 0.05) is 11.1 Å². The number of rotatable bonds is 6. The highest BCUT2D eigenvalue weighted by Gasteiger charge is 2.24. The summed E-state index contributed by atoms with van der Waals surface area (Å²) in [5, 5.41) is 0. The van der Waals surface area contributed by atoms with Gasteiger partial charge in [0.15, 0.2) is 6.04 Å². The van der Waals surface area contributed by atoms with E-state index in [-0.39, 0.29) is 6.61 Å². The molecule has 0 bridgehead atoms. The van der Waals surface area contributed by atoms with Gasteiger partial charge in [0.2, 0.25) is 0 Å². The molecule has 0 amide bonds. The molecule has 0 spiro atoms. The van der Waals surface area contributed by atoms with Gasteiger partial charge in [-0.2, -0.15) is 0 Å². The largest absolute Gasteiger partial charge is 0.464 e. The van der Waals surface area contributed by atoms with Gasteiger partial charge in [-0.05, 0) is 22.9 Å². The minimum Gasteiger partial charge on any atom is -0.464 e. The van der Waals surface area contributed by atoms with Crippen molar-refractivity contribution in [3.05, 3.63) is 94.5 Å². The first-order chi connectivity index (χ1) is 13.2. The number of carbonyl (C=O) groups excluding carboxylic acids is 1. The Morgan fingerprint density at radius 3 is 2.07 bits per heavy atom. The Morgan fingerprint density at radius 1 is 1.00 bits per heavy atom. The van der Waals surface area contributed by atoms with E-state index in [0.29, 0.717) is 16.0 Å². The number of hydrogen-bond acceptors (Lipinski definition) is 5. The number of esters is 1. The molecule has 1 unspecified atom stereocenters. The van der Waals surface area contributed by atoms with Gasteiger partial charge in [0.25, 0.3) is 0 Å². The molecule has 0 saturated carbocycles. The second-order valence-corrected chi connectivity index (χ2v) is 6.44. The molecule has 0 aliphatic rings. The van der Waals surface area contributed by atoms with Crippen molar-refractivity contribution < 1.29 is 9.53 Å². The Labute approximate surface area is 166 Å². The SMILES string of the molecule is CCOC(=O)C(N=C(c1ccccc1)c1ccccc1)c1cnc(Br)cn1. The van der Waals surface area contributed by atoms with E-state index in [4.69, 9.17) is 9.73 Å². The number of aromatic nitrogens is 2. The number of carbonyl (C=O) groups is 1. The first-order valence-electron chi connectivity index (χ1n) is 8.51. The smallest absolute Gasteiger partial charge is 0.337 e. The van der Waals surface area contributed by atoms with Gasteiger partial charge in [-0.1, -0.05) is 60.7 Å². The summed E-state index contributed by atoms with van der Waals surface area (Å²) in [6.07, 6.45) is 3.07. The minimum absolute atomic E-state index is 0.265. The van der Waals surface area contributed by atoms with Crippen LogP contribution in [-0.2, 0) is 9.53 Å². The third-order valence-corrected chi connectivity index (χ3v) is 4.19. The molecule has 0 fully saturated rings. The van der Waals surface area contributed by atoms with Crippen molar-refractivity contribution >= 4 is 27.6 Å². The van der Waals surface area contributed by atoms with Crippen LogP contribution in [0, 0.1) is 0 Å². The summed E-state index contributed by atoms with van der Waals surface area (Å²) in [7, 11) is 0. The molecule has 27 heavy (non-hydrogen) atoms. The van der Waals surface area contributed by atoms with Gasteiger partial charge >= 0.3 is 5.97 Å². The van der Waals surface area contributed by atoms with Gasteiger partial charge < -0.3 is 4.74 Å². The summed E-state index contributed by atoms with van der Waals surface area (Å²) in [5.41, 5.74) is 2.94. The van der Waals surface area contributed by atoms with E-state index in [2.05, 4.69) is 25.9 Å². The summed E-state index contributed by atoms with van der Waals surface area (Å²) < 4.78 is 5.82.